The maximum Gasteiger partial charge on any atom is 0.260 e. The van der Waals surface area contributed by atoms with Crippen molar-refractivity contribution in [1.29, 1.82) is 0 Å². The van der Waals surface area contributed by atoms with Gasteiger partial charge in [-0.15, -0.1) is 12.4 Å². The van der Waals surface area contributed by atoms with Crippen LogP contribution in [0.1, 0.15) is 17.7 Å². The fourth-order valence-electron chi connectivity index (χ4n) is 2.92. The second-order valence-corrected chi connectivity index (χ2v) is 7.98. The van der Waals surface area contributed by atoms with E-state index in [1.807, 2.05) is 17.8 Å². The highest BCUT2D eigenvalue weighted by Gasteiger charge is 2.31. The number of hydrogen-bond acceptors (Lipinski definition) is 6. The standard InChI is InChI=1S/C15H23N7O3S.ClH/c1-11-19-13(10-21(11)3)26(24,25)18-9-14(23)22-7-4-16-8-12(22)15-17-5-6-20(15)2;/h5-6,10,12,16,18H,4,7-9H2,1-3H3;1H. The second-order valence-electron chi connectivity index (χ2n) is 6.27. The molecular formula is C15H24ClN7O3S. The third kappa shape index (κ3) is 4.49. The summed E-state index contributed by atoms with van der Waals surface area (Å²) in [6.45, 7) is 3.10. The quantitative estimate of drug-likeness (QED) is 0.667. The minimum atomic E-state index is -3.84. The number of carbonyl (C=O) groups is 1. The number of aryl methyl sites for hydroxylation is 3. The molecular weight excluding hydrogens is 394 g/mol. The number of piperazine rings is 1. The third-order valence-corrected chi connectivity index (χ3v) is 5.77. The molecule has 2 aromatic heterocycles. The van der Waals surface area contributed by atoms with E-state index in [1.54, 1.807) is 29.6 Å². The minimum Gasteiger partial charge on any atom is -0.337 e. The summed E-state index contributed by atoms with van der Waals surface area (Å²) in [5, 5.41) is 3.15. The normalized spacial score (nSPS) is 17.6. The summed E-state index contributed by atoms with van der Waals surface area (Å²) in [5.74, 6) is 1.04. The monoisotopic (exact) mass is 417 g/mol. The molecule has 2 aromatic rings. The third-order valence-electron chi connectivity index (χ3n) is 4.50. The molecule has 1 unspecified atom stereocenters. The van der Waals surface area contributed by atoms with Gasteiger partial charge in [0.15, 0.2) is 5.03 Å². The molecule has 0 saturated carbocycles. The largest absolute Gasteiger partial charge is 0.337 e. The fourth-order valence-corrected chi connectivity index (χ4v) is 3.93. The highest BCUT2D eigenvalue weighted by Crippen LogP contribution is 2.20. The van der Waals surface area contributed by atoms with Crippen molar-refractivity contribution >= 4 is 28.3 Å². The topological polar surface area (TPSA) is 114 Å². The summed E-state index contributed by atoms with van der Waals surface area (Å²) in [4.78, 5) is 22.7. The summed E-state index contributed by atoms with van der Waals surface area (Å²) < 4.78 is 30.6. The Morgan fingerprint density at radius 3 is 2.70 bits per heavy atom. The van der Waals surface area contributed by atoms with E-state index >= 15 is 0 Å². The second kappa shape index (κ2) is 8.38. The Morgan fingerprint density at radius 1 is 1.37 bits per heavy atom. The lowest BCUT2D eigenvalue weighted by Gasteiger charge is -2.35. The highest BCUT2D eigenvalue weighted by atomic mass is 35.5. The fraction of sp³-hybridized carbons (Fsp3) is 0.533. The Hall–Kier alpha value is -1.95. The van der Waals surface area contributed by atoms with Gasteiger partial charge in [0.1, 0.15) is 17.7 Å². The molecule has 0 spiro atoms. The molecule has 1 fully saturated rings. The van der Waals surface area contributed by atoms with E-state index in [2.05, 4.69) is 20.0 Å². The Kier molecular flexibility index (Phi) is 6.63. The molecule has 10 nitrogen and oxygen atoms in total. The van der Waals surface area contributed by atoms with Crippen LogP contribution in [-0.2, 0) is 28.9 Å². The average Bonchev–Trinajstić information content (AvgIpc) is 3.19. The van der Waals surface area contributed by atoms with Gasteiger partial charge >= 0.3 is 0 Å². The van der Waals surface area contributed by atoms with Crippen molar-refractivity contribution in [3.63, 3.8) is 0 Å². The van der Waals surface area contributed by atoms with Gasteiger partial charge in [0, 0.05) is 52.3 Å². The number of imidazole rings is 2. The number of nitrogens with zero attached hydrogens (tertiary/aromatic N) is 5. The first-order valence-electron chi connectivity index (χ1n) is 8.26. The van der Waals surface area contributed by atoms with Crippen molar-refractivity contribution in [3.05, 3.63) is 30.2 Å². The van der Waals surface area contributed by atoms with Crippen LogP contribution in [0.3, 0.4) is 0 Å². The lowest BCUT2D eigenvalue weighted by Crippen LogP contribution is -2.52. The zero-order valence-corrected chi connectivity index (χ0v) is 17.0. The summed E-state index contributed by atoms with van der Waals surface area (Å²) in [5.41, 5.74) is 0. The molecule has 12 heteroatoms. The number of amides is 1. The van der Waals surface area contributed by atoms with Gasteiger partial charge in [-0.05, 0) is 6.92 Å². The van der Waals surface area contributed by atoms with E-state index in [0.717, 1.165) is 5.82 Å². The molecule has 3 rings (SSSR count). The van der Waals surface area contributed by atoms with E-state index in [0.29, 0.717) is 25.5 Å². The molecule has 3 heterocycles. The smallest absolute Gasteiger partial charge is 0.260 e. The minimum absolute atomic E-state index is 0. The van der Waals surface area contributed by atoms with Gasteiger partial charge in [0.05, 0.1) is 6.54 Å². The molecule has 0 aliphatic carbocycles. The molecule has 0 radical (unpaired) electrons. The van der Waals surface area contributed by atoms with E-state index in [1.165, 1.54) is 6.20 Å². The Morgan fingerprint density at radius 2 is 2.11 bits per heavy atom. The van der Waals surface area contributed by atoms with Gasteiger partial charge in [-0.3, -0.25) is 4.79 Å². The van der Waals surface area contributed by atoms with E-state index in [-0.39, 0.29) is 35.9 Å². The number of hydrogen-bond donors (Lipinski definition) is 2. The van der Waals surface area contributed by atoms with Gasteiger partial charge in [0.2, 0.25) is 5.91 Å². The summed E-state index contributed by atoms with van der Waals surface area (Å²) >= 11 is 0. The van der Waals surface area contributed by atoms with Gasteiger partial charge in [-0.1, -0.05) is 0 Å². The van der Waals surface area contributed by atoms with Gasteiger partial charge < -0.3 is 19.4 Å². The molecule has 1 amide bonds. The number of aromatic nitrogens is 4. The van der Waals surface area contributed by atoms with Crippen LogP contribution in [0.15, 0.2) is 23.6 Å². The number of carbonyl (C=O) groups excluding carboxylic acids is 1. The van der Waals surface area contributed by atoms with Crippen LogP contribution in [0.4, 0.5) is 0 Å². The Balaban J connectivity index is 0.00000261. The van der Waals surface area contributed by atoms with Crippen LogP contribution in [-0.4, -0.2) is 64.5 Å². The molecule has 1 aliphatic heterocycles. The van der Waals surface area contributed by atoms with Gasteiger partial charge in [-0.25, -0.2) is 23.1 Å². The van der Waals surface area contributed by atoms with Crippen LogP contribution in [0.2, 0.25) is 0 Å². The number of rotatable bonds is 5. The number of halogens is 1. The molecule has 1 saturated heterocycles. The van der Waals surface area contributed by atoms with Crippen LogP contribution in [0.5, 0.6) is 0 Å². The van der Waals surface area contributed by atoms with Crippen molar-refractivity contribution in [2.75, 3.05) is 26.2 Å². The molecule has 27 heavy (non-hydrogen) atoms. The first-order chi connectivity index (χ1) is 12.3. The number of sulfonamides is 1. The maximum absolute atomic E-state index is 12.7. The molecule has 0 aromatic carbocycles. The van der Waals surface area contributed by atoms with Gasteiger partial charge in [-0.2, -0.15) is 0 Å². The first kappa shape index (κ1) is 21.4. The van der Waals surface area contributed by atoms with Crippen LogP contribution >= 0.6 is 12.4 Å². The van der Waals surface area contributed by atoms with E-state index in [4.69, 9.17) is 0 Å². The van der Waals surface area contributed by atoms with E-state index in [9.17, 15) is 13.2 Å². The van der Waals surface area contributed by atoms with Crippen molar-refractivity contribution in [2.24, 2.45) is 14.1 Å². The van der Waals surface area contributed by atoms with E-state index < -0.39 is 10.0 Å². The van der Waals surface area contributed by atoms with Crippen molar-refractivity contribution in [3.8, 4) is 0 Å². The maximum atomic E-state index is 12.7. The van der Waals surface area contributed by atoms with Crippen LogP contribution in [0, 0.1) is 6.92 Å². The number of nitrogens with one attached hydrogen (secondary N) is 2. The predicted molar refractivity (Wildman–Crippen MR) is 101 cm³/mol. The summed E-state index contributed by atoms with van der Waals surface area (Å²) in [7, 11) is -0.261. The Bertz CT molecular complexity index is 889. The molecule has 2 N–H and O–H groups in total. The highest BCUT2D eigenvalue weighted by molar-refractivity contribution is 7.89. The molecule has 150 valence electrons. The van der Waals surface area contributed by atoms with Crippen LogP contribution in [0.25, 0.3) is 0 Å². The Labute approximate surface area is 164 Å². The molecule has 1 aliphatic rings. The lowest BCUT2D eigenvalue weighted by atomic mass is 10.1. The molecule has 0 bridgehead atoms. The SMILES string of the molecule is Cc1nc(S(=O)(=O)NCC(=O)N2CCNCC2c2nccn2C)cn1C.Cl. The van der Waals surface area contributed by atoms with Crippen molar-refractivity contribution in [1.82, 2.24) is 34.0 Å². The lowest BCUT2D eigenvalue weighted by molar-refractivity contribution is -0.133. The van der Waals surface area contributed by atoms with Crippen molar-refractivity contribution < 1.29 is 13.2 Å². The predicted octanol–water partition coefficient (Wildman–Crippen LogP) is -0.665. The zero-order chi connectivity index (χ0) is 18.9. The zero-order valence-electron chi connectivity index (χ0n) is 15.4. The van der Waals surface area contributed by atoms with Crippen LogP contribution < -0.4 is 10.0 Å². The summed E-state index contributed by atoms with van der Waals surface area (Å²) in [6, 6.07) is -0.238. The average molecular weight is 418 g/mol. The molecule has 1 atom stereocenters. The van der Waals surface area contributed by atoms with Gasteiger partial charge in [0.25, 0.3) is 10.0 Å². The summed E-state index contributed by atoms with van der Waals surface area (Å²) in [6.07, 6.45) is 4.92. The first-order valence-corrected chi connectivity index (χ1v) is 9.75. The van der Waals surface area contributed by atoms with Crippen molar-refractivity contribution in [2.45, 2.75) is 18.0 Å².